The van der Waals surface area contributed by atoms with Crippen molar-refractivity contribution in [3.63, 3.8) is 0 Å². The third-order valence-electron chi connectivity index (χ3n) is 3.19. The molecule has 0 amide bonds. The van der Waals surface area contributed by atoms with E-state index in [1.54, 1.807) is 0 Å². The highest BCUT2D eigenvalue weighted by Crippen LogP contribution is 2.25. The van der Waals surface area contributed by atoms with Gasteiger partial charge in [0.25, 0.3) is 0 Å². The second-order valence-electron chi connectivity index (χ2n) is 4.69. The second kappa shape index (κ2) is 4.58. The Morgan fingerprint density at radius 3 is 2.65 bits per heavy atom. The molecular formula is C12H19N3O2. The Bertz CT molecular complexity index is 390. The number of rotatable bonds is 3. The first-order valence-electron chi connectivity index (χ1n) is 5.90. The monoisotopic (exact) mass is 237 g/mol. The molecule has 1 saturated heterocycles. The minimum atomic E-state index is -0.818. The van der Waals surface area contributed by atoms with E-state index in [2.05, 4.69) is 15.3 Å². The summed E-state index contributed by atoms with van der Waals surface area (Å²) in [5.41, 5.74) is 1.02. The van der Waals surface area contributed by atoms with E-state index in [1.807, 2.05) is 26.8 Å². The van der Waals surface area contributed by atoms with E-state index in [4.69, 9.17) is 4.74 Å². The van der Waals surface area contributed by atoms with E-state index < -0.39 is 5.60 Å². The fourth-order valence-electron chi connectivity index (χ4n) is 2.04. The Morgan fingerprint density at radius 2 is 2.12 bits per heavy atom. The SMILES string of the molecule is Cc1cc(C)nc(NCC2(O)CCOC2C)n1. The summed E-state index contributed by atoms with van der Waals surface area (Å²) in [7, 11) is 0. The number of anilines is 1. The highest BCUT2D eigenvalue weighted by atomic mass is 16.5. The minimum Gasteiger partial charge on any atom is -0.385 e. The van der Waals surface area contributed by atoms with Gasteiger partial charge in [0.05, 0.1) is 6.10 Å². The summed E-state index contributed by atoms with van der Waals surface area (Å²) < 4.78 is 5.37. The third kappa shape index (κ3) is 2.73. The topological polar surface area (TPSA) is 67.3 Å². The van der Waals surface area contributed by atoms with Crippen LogP contribution in [0.2, 0.25) is 0 Å². The van der Waals surface area contributed by atoms with Gasteiger partial charge in [-0.1, -0.05) is 0 Å². The maximum Gasteiger partial charge on any atom is 0.223 e. The average molecular weight is 237 g/mol. The molecule has 5 nitrogen and oxygen atoms in total. The molecule has 1 aliphatic rings. The van der Waals surface area contributed by atoms with Gasteiger partial charge in [0, 0.05) is 31.0 Å². The molecule has 0 aromatic carbocycles. The standard InChI is InChI=1S/C12H19N3O2/c1-8-6-9(2)15-11(14-8)13-7-12(16)4-5-17-10(12)3/h6,10,16H,4-5,7H2,1-3H3,(H,13,14,15). The number of hydrogen-bond donors (Lipinski definition) is 2. The molecule has 5 heteroatoms. The summed E-state index contributed by atoms with van der Waals surface area (Å²) in [6, 6.07) is 1.92. The average Bonchev–Trinajstić information content (AvgIpc) is 2.56. The smallest absolute Gasteiger partial charge is 0.223 e. The maximum absolute atomic E-state index is 10.3. The van der Waals surface area contributed by atoms with Crippen LogP contribution in [0.25, 0.3) is 0 Å². The first-order valence-corrected chi connectivity index (χ1v) is 5.90. The molecule has 0 radical (unpaired) electrons. The van der Waals surface area contributed by atoms with Crippen LogP contribution in [0.3, 0.4) is 0 Å². The highest BCUT2D eigenvalue weighted by molar-refractivity contribution is 5.28. The van der Waals surface area contributed by atoms with Gasteiger partial charge in [0.15, 0.2) is 0 Å². The highest BCUT2D eigenvalue weighted by Gasteiger charge is 2.39. The molecule has 2 N–H and O–H groups in total. The maximum atomic E-state index is 10.3. The van der Waals surface area contributed by atoms with Crippen LogP contribution in [0.5, 0.6) is 0 Å². The lowest BCUT2D eigenvalue weighted by Crippen LogP contribution is -2.43. The van der Waals surface area contributed by atoms with Crippen LogP contribution in [0.1, 0.15) is 24.7 Å². The van der Waals surface area contributed by atoms with E-state index in [0.29, 0.717) is 25.5 Å². The van der Waals surface area contributed by atoms with Crippen molar-refractivity contribution in [1.82, 2.24) is 9.97 Å². The third-order valence-corrected chi connectivity index (χ3v) is 3.19. The summed E-state index contributed by atoms with van der Waals surface area (Å²) in [5, 5.41) is 13.4. The number of aromatic nitrogens is 2. The van der Waals surface area contributed by atoms with Gasteiger partial charge in [-0.15, -0.1) is 0 Å². The van der Waals surface area contributed by atoms with Crippen molar-refractivity contribution in [2.45, 2.75) is 38.9 Å². The lowest BCUT2D eigenvalue weighted by molar-refractivity contribution is -0.0176. The molecule has 0 saturated carbocycles. The van der Waals surface area contributed by atoms with Crippen LogP contribution >= 0.6 is 0 Å². The fraction of sp³-hybridized carbons (Fsp3) is 0.667. The van der Waals surface area contributed by atoms with Gasteiger partial charge < -0.3 is 15.2 Å². The van der Waals surface area contributed by atoms with Crippen molar-refractivity contribution < 1.29 is 9.84 Å². The van der Waals surface area contributed by atoms with Crippen molar-refractivity contribution in [2.24, 2.45) is 0 Å². The lowest BCUT2D eigenvalue weighted by atomic mass is 9.97. The van der Waals surface area contributed by atoms with Gasteiger partial charge >= 0.3 is 0 Å². The van der Waals surface area contributed by atoms with E-state index in [9.17, 15) is 5.11 Å². The Morgan fingerprint density at radius 1 is 1.47 bits per heavy atom. The van der Waals surface area contributed by atoms with E-state index in [1.165, 1.54) is 0 Å². The van der Waals surface area contributed by atoms with Gasteiger partial charge in [-0.05, 0) is 26.8 Å². The lowest BCUT2D eigenvalue weighted by Gasteiger charge is -2.26. The van der Waals surface area contributed by atoms with Crippen molar-refractivity contribution in [3.8, 4) is 0 Å². The molecule has 1 aromatic rings. The molecule has 2 rings (SSSR count). The fourth-order valence-corrected chi connectivity index (χ4v) is 2.04. The summed E-state index contributed by atoms with van der Waals surface area (Å²) in [5.74, 6) is 0.565. The Kier molecular flexibility index (Phi) is 3.31. The van der Waals surface area contributed by atoms with Crippen LogP contribution < -0.4 is 5.32 Å². The zero-order valence-electron chi connectivity index (χ0n) is 10.5. The van der Waals surface area contributed by atoms with Crippen LogP contribution in [0.4, 0.5) is 5.95 Å². The van der Waals surface area contributed by atoms with Crippen molar-refractivity contribution in [2.75, 3.05) is 18.5 Å². The summed E-state index contributed by atoms with van der Waals surface area (Å²) in [6.07, 6.45) is 0.493. The van der Waals surface area contributed by atoms with Gasteiger partial charge in [-0.25, -0.2) is 9.97 Å². The van der Waals surface area contributed by atoms with Crippen LogP contribution in [-0.2, 0) is 4.74 Å². The zero-order chi connectivity index (χ0) is 12.5. The second-order valence-corrected chi connectivity index (χ2v) is 4.69. The molecule has 2 atom stereocenters. The molecule has 0 aliphatic carbocycles. The van der Waals surface area contributed by atoms with E-state index in [0.717, 1.165) is 11.4 Å². The van der Waals surface area contributed by atoms with Gasteiger partial charge in [0.2, 0.25) is 5.95 Å². The summed E-state index contributed by atoms with van der Waals surface area (Å²) in [6.45, 7) is 6.76. The molecule has 1 aromatic heterocycles. The van der Waals surface area contributed by atoms with Gasteiger partial charge in [0.1, 0.15) is 5.60 Å². The van der Waals surface area contributed by atoms with Crippen molar-refractivity contribution in [3.05, 3.63) is 17.5 Å². The number of hydrogen-bond acceptors (Lipinski definition) is 5. The minimum absolute atomic E-state index is 0.152. The van der Waals surface area contributed by atoms with Crippen LogP contribution in [0, 0.1) is 13.8 Å². The molecule has 94 valence electrons. The van der Waals surface area contributed by atoms with Gasteiger partial charge in [-0.2, -0.15) is 0 Å². The number of nitrogens with one attached hydrogen (secondary N) is 1. The molecule has 2 unspecified atom stereocenters. The first-order chi connectivity index (χ1) is 7.99. The van der Waals surface area contributed by atoms with Crippen LogP contribution in [0.15, 0.2) is 6.07 Å². The summed E-state index contributed by atoms with van der Waals surface area (Å²) >= 11 is 0. The number of aryl methyl sites for hydroxylation is 2. The number of aliphatic hydroxyl groups is 1. The Labute approximate surface area is 101 Å². The molecular weight excluding hydrogens is 218 g/mol. The van der Waals surface area contributed by atoms with Crippen LogP contribution in [-0.4, -0.2) is 39.9 Å². The normalized spacial score (nSPS) is 28.4. The van der Waals surface area contributed by atoms with Crippen molar-refractivity contribution in [1.29, 1.82) is 0 Å². The zero-order valence-corrected chi connectivity index (χ0v) is 10.5. The first kappa shape index (κ1) is 12.3. The predicted molar refractivity (Wildman–Crippen MR) is 65.0 cm³/mol. The quantitative estimate of drug-likeness (QED) is 0.822. The summed E-state index contributed by atoms with van der Waals surface area (Å²) in [4.78, 5) is 8.55. The number of ether oxygens (including phenoxy) is 1. The molecule has 17 heavy (non-hydrogen) atoms. The molecule has 0 bridgehead atoms. The molecule has 0 spiro atoms. The molecule has 1 aliphatic heterocycles. The Balaban J connectivity index is 2.02. The molecule has 2 heterocycles. The van der Waals surface area contributed by atoms with E-state index in [-0.39, 0.29) is 6.10 Å². The largest absolute Gasteiger partial charge is 0.385 e. The van der Waals surface area contributed by atoms with Gasteiger partial charge in [-0.3, -0.25) is 0 Å². The molecule has 1 fully saturated rings. The Hall–Kier alpha value is -1.20. The van der Waals surface area contributed by atoms with Crippen molar-refractivity contribution >= 4 is 5.95 Å². The predicted octanol–water partition coefficient (Wildman–Crippen LogP) is 1.05. The van der Waals surface area contributed by atoms with E-state index >= 15 is 0 Å². The number of nitrogens with zero attached hydrogens (tertiary/aromatic N) is 2.